The number of benzene rings is 6. The molecular formula is C39H25N3S. The molecule has 8 rings (SSSR count). The fourth-order valence-electron chi connectivity index (χ4n) is 4.84. The van der Waals surface area contributed by atoms with Crippen LogP contribution in [0.25, 0.3) is 76.6 Å². The summed E-state index contributed by atoms with van der Waals surface area (Å²) in [5.74, 6) is -0.888. The number of fused-ring (bicyclic) bond motifs is 3. The summed E-state index contributed by atoms with van der Waals surface area (Å²) in [5, 5.41) is 1.46. The summed E-state index contributed by atoms with van der Waals surface area (Å²) in [7, 11) is 0. The minimum absolute atomic E-state index is 0.0320. The largest absolute Gasteiger partial charge is 0.208 e. The van der Waals surface area contributed by atoms with Crippen molar-refractivity contribution >= 4 is 31.5 Å². The minimum atomic E-state index is -0.654. The molecule has 3 nitrogen and oxygen atoms in total. The van der Waals surface area contributed by atoms with Crippen LogP contribution in [0.2, 0.25) is 0 Å². The van der Waals surface area contributed by atoms with Crippen LogP contribution in [0.1, 0.15) is 20.6 Å². The van der Waals surface area contributed by atoms with E-state index in [9.17, 15) is 0 Å². The predicted octanol–water partition coefficient (Wildman–Crippen LogP) is 10.6. The maximum Gasteiger partial charge on any atom is 0.164 e. The molecular weight excluding hydrogens is 543 g/mol. The summed E-state index contributed by atoms with van der Waals surface area (Å²) in [6.07, 6.45) is 0. The van der Waals surface area contributed by atoms with Gasteiger partial charge in [0.1, 0.15) is 0 Å². The summed E-state index contributed by atoms with van der Waals surface area (Å²) in [4.78, 5) is 13.4. The molecule has 0 radical (unpaired) electrons. The Morgan fingerprint density at radius 3 is 1.60 bits per heavy atom. The van der Waals surface area contributed by atoms with Crippen molar-refractivity contribution in [2.75, 3.05) is 0 Å². The first-order valence-corrected chi connectivity index (χ1v) is 13.9. The Morgan fingerprint density at radius 1 is 0.442 bits per heavy atom. The van der Waals surface area contributed by atoms with Crippen molar-refractivity contribution in [3.8, 4) is 56.4 Å². The lowest BCUT2D eigenvalue weighted by Crippen LogP contribution is -1.99. The van der Waals surface area contributed by atoms with Gasteiger partial charge < -0.3 is 0 Å². The Labute approximate surface area is 274 Å². The molecule has 2 heterocycles. The van der Waals surface area contributed by atoms with Gasteiger partial charge in [-0.15, -0.1) is 11.3 Å². The lowest BCUT2D eigenvalue weighted by Gasteiger charge is -2.09. The molecule has 8 aromatic rings. The molecule has 202 valence electrons. The normalized spacial score (nSPS) is 16.1. The second-order valence-electron chi connectivity index (χ2n) is 9.39. The molecule has 43 heavy (non-hydrogen) atoms. The molecule has 0 aliphatic heterocycles. The summed E-state index contributed by atoms with van der Waals surface area (Å²) in [6, 6.07) is 9.76. The standard InChI is InChI=1S/C39H25N3S/c1-5-13-26(14-6-1)31-23-33(27-15-7-2-8-16-27)36-34(24-31)32-22-21-30(25-35(32)43-36)39-41-37(28-17-9-3-10-18-28)40-38(42-39)29-19-11-4-12-20-29/h1-25H/i2D,3D,4D,7D,8D,9D,10D,11D,12D,15D,16D,17D,18D,19D,20D. The third-order valence-corrected chi connectivity index (χ3v) is 7.99. The summed E-state index contributed by atoms with van der Waals surface area (Å²) < 4.78 is 128. The third-order valence-electron chi connectivity index (χ3n) is 6.79. The lowest BCUT2D eigenvalue weighted by molar-refractivity contribution is 1.07. The van der Waals surface area contributed by atoms with Crippen molar-refractivity contribution in [1.82, 2.24) is 15.0 Å². The zero-order valence-electron chi connectivity index (χ0n) is 37.0. The van der Waals surface area contributed by atoms with E-state index in [2.05, 4.69) is 15.0 Å². The van der Waals surface area contributed by atoms with Crippen molar-refractivity contribution in [2.24, 2.45) is 0 Å². The summed E-state index contributed by atoms with van der Waals surface area (Å²) in [5.41, 5.74) is 1.58. The molecule has 0 atom stereocenters. The highest BCUT2D eigenvalue weighted by molar-refractivity contribution is 7.26. The third kappa shape index (κ3) is 4.78. The van der Waals surface area contributed by atoms with E-state index in [0.29, 0.717) is 20.5 Å². The van der Waals surface area contributed by atoms with Gasteiger partial charge >= 0.3 is 0 Å². The van der Waals surface area contributed by atoms with Gasteiger partial charge in [-0.3, -0.25) is 0 Å². The van der Waals surface area contributed by atoms with E-state index in [1.807, 2.05) is 36.4 Å². The Kier molecular flexibility index (Phi) is 3.54. The quantitative estimate of drug-likeness (QED) is 0.203. The van der Waals surface area contributed by atoms with Crippen molar-refractivity contribution in [2.45, 2.75) is 0 Å². The van der Waals surface area contributed by atoms with E-state index >= 15 is 0 Å². The highest BCUT2D eigenvalue weighted by Crippen LogP contribution is 2.43. The number of hydrogen-bond donors (Lipinski definition) is 0. The van der Waals surface area contributed by atoms with Crippen LogP contribution < -0.4 is 0 Å². The zero-order chi connectivity index (χ0) is 41.6. The van der Waals surface area contributed by atoms with Gasteiger partial charge in [0.2, 0.25) is 0 Å². The van der Waals surface area contributed by atoms with E-state index < -0.39 is 90.2 Å². The first kappa shape index (κ1) is 14.1. The second-order valence-corrected chi connectivity index (χ2v) is 10.4. The Bertz CT molecular complexity index is 2900. The average Bonchev–Trinajstić information content (AvgIpc) is 3.60. The first-order chi connectivity index (χ1) is 27.5. The first-order valence-electron chi connectivity index (χ1n) is 20.6. The average molecular weight is 583 g/mol. The van der Waals surface area contributed by atoms with Crippen LogP contribution in [0.3, 0.4) is 0 Å². The van der Waals surface area contributed by atoms with E-state index in [0.717, 1.165) is 21.9 Å². The molecule has 0 unspecified atom stereocenters. The number of nitrogens with zero attached hydrogens (tertiary/aromatic N) is 3. The highest BCUT2D eigenvalue weighted by Gasteiger charge is 2.16. The Balaban J connectivity index is 1.42. The van der Waals surface area contributed by atoms with Crippen LogP contribution in [-0.2, 0) is 0 Å². The van der Waals surface area contributed by atoms with Crippen LogP contribution in [0.15, 0.2) is 151 Å². The van der Waals surface area contributed by atoms with Gasteiger partial charge in [-0.1, -0.05) is 133 Å². The molecule has 0 aliphatic carbocycles. The SMILES string of the molecule is [2H]c1c([2H])c([2H])c(-c2nc(-c3ccc4c(c3)sc3c(-c5c([2H])c([2H])c([2H])c([2H])c5[2H])cc(-c5ccccc5)cc34)nc(-c3c([2H])c([2H])c([2H])c([2H])c3[2H])n2)c([2H])c1[2H]. The van der Waals surface area contributed by atoms with Crippen molar-refractivity contribution in [3.63, 3.8) is 0 Å². The predicted molar refractivity (Wildman–Crippen MR) is 180 cm³/mol. The van der Waals surface area contributed by atoms with Gasteiger partial charge in [0.15, 0.2) is 17.5 Å². The monoisotopic (exact) mass is 582 g/mol. The zero-order valence-corrected chi connectivity index (χ0v) is 22.8. The number of thiophene rings is 1. The fraction of sp³-hybridized carbons (Fsp3) is 0. The van der Waals surface area contributed by atoms with Crippen molar-refractivity contribution in [3.05, 3.63) is 151 Å². The smallest absolute Gasteiger partial charge is 0.164 e. The molecule has 2 aromatic heterocycles. The molecule has 4 heteroatoms. The Hall–Kier alpha value is -5.45. The van der Waals surface area contributed by atoms with Gasteiger partial charge in [0, 0.05) is 42.4 Å². The molecule has 0 fully saturated rings. The summed E-state index contributed by atoms with van der Waals surface area (Å²) >= 11 is 1.28. The number of hydrogen-bond acceptors (Lipinski definition) is 4. The molecule has 0 bridgehead atoms. The number of aromatic nitrogens is 3. The Morgan fingerprint density at radius 2 is 1.00 bits per heavy atom. The van der Waals surface area contributed by atoms with Crippen LogP contribution in [0.5, 0.6) is 0 Å². The van der Waals surface area contributed by atoms with E-state index in [1.54, 1.807) is 24.3 Å². The van der Waals surface area contributed by atoms with Gasteiger partial charge in [0.05, 0.1) is 20.6 Å². The van der Waals surface area contributed by atoms with Gasteiger partial charge in [0.25, 0.3) is 0 Å². The fourth-order valence-corrected chi connectivity index (χ4v) is 6.08. The van der Waals surface area contributed by atoms with E-state index in [1.165, 1.54) is 11.3 Å². The van der Waals surface area contributed by atoms with E-state index in [-0.39, 0.29) is 34.6 Å². The summed E-state index contributed by atoms with van der Waals surface area (Å²) in [6.45, 7) is 0. The molecule has 0 saturated heterocycles. The lowest BCUT2D eigenvalue weighted by atomic mass is 9.96. The van der Waals surface area contributed by atoms with E-state index in [4.69, 9.17) is 20.6 Å². The van der Waals surface area contributed by atoms with Gasteiger partial charge in [-0.2, -0.15) is 0 Å². The molecule has 0 saturated carbocycles. The van der Waals surface area contributed by atoms with Crippen molar-refractivity contribution in [1.29, 1.82) is 0 Å². The molecule has 6 aromatic carbocycles. The molecule has 0 aliphatic rings. The number of rotatable bonds is 5. The minimum Gasteiger partial charge on any atom is -0.208 e. The maximum atomic E-state index is 8.81. The van der Waals surface area contributed by atoms with Crippen LogP contribution in [0, 0.1) is 0 Å². The topological polar surface area (TPSA) is 38.7 Å². The van der Waals surface area contributed by atoms with Crippen LogP contribution >= 0.6 is 11.3 Å². The molecule has 0 spiro atoms. The van der Waals surface area contributed by atoms with Gasteiger partial charge in [-0.05, 0) is 34.9 Å². The maximum absolute atomic E-state index is 8.81. The van der Waals surface area contributed by atoms with Crippen LogP contribution in [-0.4, -0.2) is 15.0 Å². The van der Waals surface area contributed by atoms with Gasteiger partial charge in [-0.25, -0.2) is 15.0 Å². The highest BCUT2D eigenvalue weighted by atomic mass is 32.1. The second kappa shape index (κ2) is 10.8. The molecule has 0 amide bonds. The molecule has 0 N–H and O–H groups in total. The van der Waals surface area contributed by atoms with Crippen molar-refractivity contribution < 1.29 is 20.6 Å². The van der Waals surface area contributed by atoms with Crippen LogP contribution in [0.4, 0.5) is 0 Å².